The summed E-state index contributed by atoms with van der Waals surface area (Å²) in [6.45, 7) is 2.48. The first kappa shape index (κ1) is 13.8. The standard InChI is InChI=1S/C12H16ClNO3/c1-8(7-17-2)5-12(16)14-9-3-4-11(15)10(13)6-9/h3-4,6,8,15H,5,7H2,1-2H3,(H,14,16). The third-order valence-electron chi connectivity index (χ3n) is 2.22. The molecule has 2 N–H and O–H groups in total. The van der Waals surface area contributed by atoms with Crippen LogP contribution in [0.5, 0.6) is 5.75 Å². The third kappa shape index (κ3) is 4.63. The number of carbonyl (C=O) groups is 1. The molecule has 4 nitrogen and oxygen atoms in total. The van der Waals surface area contributed by atoms with E-state index in [2.05, 4.69) is 5.32 Å². The van der Waals surface area contributed by atoms with Gasteiger partial charge in [-0.25, -0.2) is 0 Å². The average Bonchev–Trinajstić information content (AvgIpc) is 2.23. The Hall–Kier alpha value is -1.26. The fraction of sp³-hybridized carbons (Fsp3) is 0.417. The van der Waals surface area contributed by atoms with Gasteiger partial charge < -0.3 is 15.2 Å². The molecule has 1 rings (SSSR count). The van der Waals surface area contributed by atoms with E-state index in [9.17, 15) is 9.90 Å². The number of benzene rings is 1. The Bertz CT molecular complexity index is 395. The van der Waals surface area contributed by atoms with Crippen molar-refractivity contribution in [2.24, 2.45) is 5.92 Å². The van der Waals surface area contributed by atoms with E-state index in [4.69, 9.17) is 16.3 Å². The number of hydrogen-bond donors (Lipinski definition) is 2. The van der Waals surface area contributed by atoms with E-state index in [0.717, 1.165) is 0 Å². The van der Waals surface area contributed by atoms with Crippen LogP contribution in [0.25, 0.3) is 0 Å². The van der Waals surface area contributed by atoms with Crippen LogP contribution in [0.4, 0.5) is 5.69 Å². The van der Waals surface area contributed by atoms with Gasteiger partial charge in [0.2, 0.25) is 5.91 Å². The minimum atomic E-state index is -0.101. The predicted molar refractivity (Wildman–Crippen MR) is 67.4 cm³/mol. The van der Waals surface area contributed by atoms with Crippen LogP contribution in [0.2, 0.25) is 5.02 Å². The molecule has 0 saturated heterocycles. The van der Waals surface area contributed by atoms with E-state index in [-0.39, 0.29) is 22.6 Å². The summed E-state index contributed by atoms with van der Waals surface area (Å²) in [7, 11) is 1.61. The van der Waals surface area contributed by atoms with Gasteiger partial charge in [0.25, 0.3) is 0 Å². The van der Waals surface area contributed by atoms with Gasteiger partial charge in [-0.3, -0.25) is 4.79 Å². The van der Waals surface area contributed by atoms with Crippen molar-refractivity contribution in [3.63, 3.8) is 0 Å². The molecule has 5 heteroatoms. The van der Waals surface area contributed by atoms with Gasteiger partial charge in [-0.15, -0.1) is 0 Å². The normalized spacial score (nSPS) is 12.2. The fourth-order valence-corrected chi connectivity index (χ4v) is 1.64. The Morgan fingerprint density at radius 3 is 2.88 bits per heavy atom. The van der Waals surface area contributed by atoms with Gasteiger partial charge in [0, 0.05) is 25.8 Å². The van der Waals surface area contributed by atoms with Crippen molar-refractivity contribution in [2.45, 2.75) is 13.3 Å². The van der Waals surface area contributed by atoms with Crippen molar-refractivity contribution < 1.29 is 14.6 Å². The number of amides is 1. The molecular formula is C12H16ClNO3. The van der Waals surface area contributed by atoms with Gasteiger partial charge in [-0.05, 0) is 24.1 Å². The Morgan fingerprint density at radius 1 is 1.59 bits per heavy atom. The molecule has 0 aliphatic heterocycles. The summed E-state index contributed by atoms with van der Waals surface area (Å²) in [5, 5.41) is 12.2. The summed E-state index contributed by atoms with van der Waals surface area (Å²) < 4.78 is 4.96. The molecule has 0 aliphatic carbocycles. The molecule has 0 spiro atoms. The van der Waals surface area contributed by atoms with Crippen LogP contribution in [0.15, 0.2) is 18.2 Å². The number of methoxy groups -OCH3 is 1. The molecule has 0 bridgehead atoms. The molecule has 0 heterocycles. The zero-order valence-electron chi connectivity index (χ0n) is 9.87. The van der Waals surface area contributed by atoms with Gasteiger partial charge in [-0.1, -0.05) is 18.5 Å². The summed E-state index contributed by atoms with van der Waals surface area (Å²) in [6, 6.07) is 4.55. The van der Waals surface area contributed by atoms with Crippen LogP contribution < -0.4 is 5.32 Å². The first-order chi connectivity index (χ1) is 8.02. The Labute approximate surface area is 106 Å². The van der Waals surface area contributed by atoms with Crippen molar-refractivity contribution in [3.8, 4) is 5.75 Å². The van der Waals surface area contributed by atoms with E-state index in [1.54, 1.807) is 13.2 Å². The largest absolute Gasteiger partial charge is 0.506 e. The molecule has 0 fully saturated rings. The molecule has 1 atom stereocenters. The zero-order chi connectivity index (χ0) is 12.8. The summed E-state index contributed by atoms with van der Waals surface area (Å²) in [5.41, 5.74) is 0.572. The van der Waals surface area contributed by atoms with Gasteiger partial charge in [0.05, 0.1) is 5.02 Å². The maximum Gasteiger partial charge on any atom is 0.224 e. The van der Waals surface area contributed by atoms with E-state index in [1.165, 1.54) is 12.1 Å². The molecule has 0 aliphatic rings. The first-order valence-electron chi connectivity index (χ1n) is 5.30. The smallest absolute Gasteiger partial charge is 0.224 e. The SMILES string of the molecule is COCC(C)CC(=O)Nc1ccc(O)c(Cl)c1. The highest BCUT2D eigenvalue weighted by Crippen LogP contribution is 2.26. The lowest BCUT2D eigenvalue weighted by Crippen LogP contribution is -2.17. The molecule has 17 heavy (non-hydrogen) atoms. The maximum absolute atomic E-state index is 11.6. The highest BCUT2D eigenvalue weighted by molar-refractivity contribution is 6.32. The summed E-state index contributed by atoms with van der Waals surface area (Å²) >= 11 is 5.73. The molecule has 1 aromatic rings. The maximum atomic E-state index is 11.6. The van der Waals surface area contributed by atoms with Crippen LogP contribution in [0.1, 0.15) is 13.3 Å². The number of aromatic hydroxyl groups is 1. The second-order valence-corrected chi connectivity index (χ2v) is 4.39. The van der Waals surface area contributed by atoms with Gasteiger partial charge >= 0.3 is 0 Å². The summed E-state index contributed by atoms with van der Waals surface area (Å²) in [5.74, 6) is 0.0568. The molecule has 1 unspecified atom stereocenters. The van der Waals surface area contributed by atoms with Crippen molar-refractivity contribution in [1.29, 1.82) is 0 Å². The predicted octanol–water partition coefficient (Wildman–Crippen LogP) is 2.66. The second-order valence-electron chi connectivity index (χ2n) is 3.98. The molecule has 0 radical (unpaired) electrons. The van der Waals surface area contributed by atoms with E-state index in [1.807, 2.05) is 6.92 Å². The number of hydrogen-bond acceptors (Lipinski definition) is 3. The van der Waals surface area contributed by atoms with Gasteiger partial charge in [0.1, 0.15) is 5.75 Å². The minimum Gasteiger partial charge on any atom is -0.506 e. The first-order valence-corrected chi connectivity index (χ1v) is 5.68. The van der Waals surface area contributed by atoms with Crippen molar-refractivity contribution in [2.75, 3.05) is 19.0 Å². The van der Waals surface area contributed by atoms with E-state index < -0.39 is 0 Å². The van der Waals surface area contributed by atoms with Crippen molar-refractivity contribution in [1.82, 2.24) is 0 Å². The van der Waals surface area contributed by atoms with Crippen molar-refractivity contribution in [3.05, 3.63) is 23.2 Å². The van der Waals surface area contributed by atoms with Crippen LogP contribution >= 0.6 is 11.6 Å². The Balaban J connectivity index is 2.53. The van der Waals surface area contributed by atoms with Crippen LogP contribution in [0.3, 0.4) is 0 Å². The lowest BCUT2D eigenvalue weighted by atomic mass is 10.1. The monoisotopic (exact) mass is 257 g/mol. The van der Waals surface area contributed by atoms with Crippen LogP contribution in [-0.4, -0.2) is 24.7 Å². The number of nitrogens with one attached hydrogen (secondary N) is 1. The van der Waals surface area contributed by atoms with Gasteiger partial charge in [0.15, 0.2) is 0 Å². The molecule has 94 valence electrons. The number of anilines is 1. The highest BCUT2D eigenvalue weighted by Gasteiger charge is 2.09. The molecule has 0 saturated carbocycles. The molecule has 0 aromatic heterocycles. The lowest BCUT2D eigenvalue weighted by Gasteiger charge is -2.10. The quantitative estimate of drug-likeness (QED) is 0.798. The third-order valence-corrected chi connectivity index (χ3v) is 2.52. The number of ether oxygens (including phenoxy) is 1. The van der Waals surface area contributed by atoms with Crippen LogP contribution in [-0.2, 0) is 9.53 Å². The number of halogens is 1. The van der Waals surface area contributed by atoms with Gasteiger partial charge in [-0.2, -0.15) is 0 Å². The second kappa shape index (κ2) is 6.47. The molecular weight excluding hydrogens is 242 g/mol. The summed E-state index contributed by atoms with van der Waals surface area (Å²) in [4.78, 5) is 11.6. The lowest BCUT2D eigenvalue weighted by molar-refractivity contribution is -0.117. The topological polar surface area (TPSA) is 58.6 Å². The van der Waals surface area contributed by atoms with Crippen molar-refractivity contribution >= 4 is 23.2 Å². The minimum absolute atomic E-state index is 0.00239. The summed E-state index contributed by atoms with van der Waals surface area (Å²) in [6.07, 6.45) is 0.381. The molecule has 1 amide bonds. The number of carbonyl (C=O) groups excluding carboxylic acids is 1. The van der Waals surface area contributed by atoms with E-state index >= 15 is 0 Å². The fourth-order valence-electron chi connectivity index (χ4n) is 1.46. The average molecular weight is 258 g/mol. The number of phenols is 1. The Morgan fingerprint density at radius 2 is 2.29 bits per heavy atom. The number of phenolic OH excluding ortho intramolecular Hbond substituents is 1. The molecule has 1 aromatic carbocycles. The highest BCUT2D eigenvalue weighted by atomic mass is 35.5. The Kier molecular flexibility index (Phi) is 5.25. The van der Waals surface area contributed by atoms with E-state index in [0.29, 0.717) is 18.7 Å². The zero-order valence-corrected chi connectivity index (χ0v) is 10.6. The van der Waals surface area contributed by atoms with Crippen LogP contribution in [0, 0.1) is 5.92 Å². The number of rotatable bonds is 5.